The van der Waals surface area contributed by atoms with E-state index in [1.165, 1.54) is 0 Å². The third kappa shape index (κ3) is 5.80. The molecular formula is C22H19ClN2O4. The molecule has 3 aromatic carbocycles. The predicted molar refractivity (Wildman–Crippen MR) is 112 cm³/mol. The van der Waals surface area contributed by atoms with E-state index in [0.717, 1.165) is 10.8 Å². The van der Waals surface area contributed by atoms with E-state index in [-0.39, 0.29) is 18.9 Å². The van der Waals surface area contributed by atoms with Crippen molar-refractivity contribution in [3.8, 4) is 0 Å². The van der Waals surface area contributed by atoms with Gasteiger partial charge in [-0.2, -0.15) is 0 Å². The van der Waals surface area contributed by atoms with Crippen molar-refractivity contribution in [2.24, 2.45) is 0 Å². The Bertz CT molecular complexity index is 1030. The number of carbonyl (C=O) groups is 3. The van der Waals surface area contributed by atoms with Crippen LogP contribution < -0.4 is 10.6 Å². The molecule has 0 saturated carbocycles. The predicted octanol–water partition coefficient (Wildman–Crippen LogP) is 3.80. The molecule has 0 bridgehead atoms. The zero-order chi connectivity index (χ0) is 20.6. The lowest BCUT2D eigenvalue weighted by Crippen LogP contribution is -2.27. The smallest absolute Gasteiger partial charge is 0.308 e. The van der Waals surface area contributed by atoms with Crippen LogP contribution in [0.1, 0.15) is 16.8 Å². The number of benzene rings is 3. The van der Waals surface area contributed by atoms with Gasteiger partial charge in [0.25, 0.3) is 11.8 Å². The Hall–Kier alpha value is -3.38. The first-order chi connectivity index (χ1) is 14.0. The quantitative estimate of drug-likeness (QED) is 0.580. The zero-order valence-corrected chi connectivity index (χ0v) is 16.2. The molecule has 2 N–H and O–H groups in total. The molecule has 0 aromatic heterocycles. The van der Waals surface area contributed by atoms with Gasteiger partial charge in [-0.1, -0.05) is 48.0 Å². The summed E-state index contributed by atoms with van der Waals surface area (Å²) < 4.78 is 4.97. The second-order valence-electron chi connectivity index (χ2n) is 6.25. The molecule has 0 aliphatic rings. The highest BCUT2D eigenvalue weighted by Gasteiger charge is 2.11. The molecule has 148 valence electrons. The molecule has 0 aliphatic carbocycles. The number of carbonyl (C=O) groups excluding carboxylic acids is 3. The average Bonchev–Trinajstić information content (AvgIpc) is 2.73. The van der Waals surface area contributed by atoms with Gasteiger partial charge in [-0.05, 0) is 35.7 Å². The summed E-state index contributed by atoms with van der Waals surface area (Å²) in [5, 5.41) is 7.79. The van der Waals surface area contributed by atoms with Crippen molar-refractivity contribution in [2.45, 2.75) is 6.42 Å². The number of amides is 2. The first kappa shape index (κ1) is 20.4. The number of anilines is 1. The molecule has 0 aliphatic heterocycles. The summed E-state index contributed by atoms with van der Waals surface area (Å²) in [7, 11) is 0. The van der Waals surface area contributed by atoms with Crippen molar-refractivity contribution in [3.05, 3.63) is 77.3 Å². The molecule has 0 unspecified atom stereocenters. The topological polar surface area (TPSA) is 84.5 Å². The summed E-state index contributed by atoms with van der Waals surface area (Å²) in [5.74, 6) is -1.32. The fourth-order valence-electron chi connectivity index (χ4n) is 2.72. The Morgan fingerprint density at radius 1 is 0.897 bits per heavy atom. The van der Waals surface area contributed by atoms with Gasteiger partial charge in [-0.25, -0.2) is 0 Å². The molecule has 3 rings (SSSR count). The van der Waals surface area contributed by atoms with E-state index in [1.54, 1.807) is 30.3 Å². The Kier molecular flexibility index (Phi) is 6.81. The third-order valence-corrected chi connectivity index (χ3v) is 4.40. The molecule has 7 heteroatoms. The molecule has 3 aromatic rings. The molecule has 0 atom stereocenters. The zero-order valence-electron chi connectivity index (χ0n) is 15.5. The summed E-state index contributed by atoms with van der Waals surface area (Å²) in [4.78, 5) is 35.8. The maximum Gasteiger partial charge on any atom is 0.308 e. The molecule has 0 spiro atoms. The number of esters is 1. The van der Waals surface area contributed by atoms with E-state index in [0.29, 0.717) is 16.3 Å². The van der Waals surface area contributed by atoms with Crippen LogP contribution in [0.3, 0.4) is 0 Å². The van der Waals surface area contributed by atoms with Crippen molar-refractivity contribution < 1.29 is 19.1 Å². The summed E-state index contributed by atoms with van der Waals surface area (Å²) in [5.41, 5.74) is 1.09. The van der Waals surface area contributed by atoms with Gasteiger partial charge in [0.05, 0.1) is 6.42 Å². The number of nitrogens with one attached hydrogen (secondary N) is 2. The maximum absolute atomic E-state index is 12.1. The van der Waals surface area contributed by atoms with Crippen LogP contribution >= 0.6 is 11.6 Å². The Morgan fingerprint density at radius 2 is 1.62 bits per heavy atom. The maximum atomic E-state index is 12.1. The standard InChI is InChI=1S/C22H19ClN2O4/c23-17-10-8-16(9-11-17)22(28)24-13-12-21(27)29-14-20(26)25-19-7-3-5-15-4-1-2-6-18(15)19/h1-11H,12-14H2,(H,24,28)(H,25,26). The SMILES string of the molecule is O=C(COC(=O)CCNC(=O)c1ccc(Cl)cc1)Nc1cccc2ccccc12. The van der Waals surface area contributed by atoms with Gasteiger partial charge in [-0.3, -0.25) is 14.4 Å². The van der Waals surface area contributed by atoms with Crippen molar-refractivity contribution >= 4 is 45.8 Å². The molecule has 29 heavy (non-hydrogen) atoms. The number of hydrogen-bond donors (Lipinski definition) is 2. The van der Waals surface area contributed by atoms with E-state index in [4.69, 9.17) is 16.3 Å². The minimum Gasteiger partial charge on any atom is -0.456 e. The van der Waals surface area contributed by atoms with Gasteiger partial charge >= 0.3 is 5.97 Å². The summed E-state index contributed by atoms with van der Waals surface area (Å²) in [6.45, 7) is -0.293. The van der Waals surface area contributed by atoms with Crippen LogP contribution in [0, 0.1) is 0 Å². The van der Waals surface area contributed by atoms with E-state index in [1.807, 2.05) is 36.4 Å². The van der Waals surface area contributed by atoms with E-state index in [9.17, 15) is 14.4 Å². The third-order valence-electron chi connectivity index (χ3n) is 4.15. The molecule has 0 fully saturated rings. The first-order valence-corrected chi connectivity index (χ1v) is 9.38. The van der Waals surface area contributed by atoms with Crippen LogP contribution in [0.4, 0.5) is 5.69 Å². The monoisotopic (exact) mass is 410 g/mol. The number of halogens is 1. The van der Waals surface area contributed by atoms with Crippen LogP contribution in [0.2, 0.25) is 5.02 Å². The highest BCUT2D eigenvalue weighted by Crippen LogP contribution is 2.22. The van der Waals surface area contributed by atoms with Crippen molar-refractivity contribution in [2.75, 3.05) is 18.5 Å². The van der Waals surface area contributed by atoms with E-state index in [2.05, 4.69) is 10.6 Å². The Balaban J connectivity index is 1.41. The van der Waals surface area contributed by atoms with Crippen molar-refractivity contribution in [1.82, 2.24) is 5.32 Å². The molecule has 6 nitrogen and oxygen atoms in total. The van der Waals surface area contributed by atoms with Crippen molar-refractivity contribution in [3.63, 3.8) is 0 Å². The normalized spacial score (nSPS) is 10.4. The summed E-state index contributed by atoms with van der Waals surface area (Å²) >= 11 is 5.78. The largest absolute Gasteiger partial charge is 0.456 e. The number of fused-ring (bicyclic) bond motifs is 1. The second kappa shape index (κ2) is 9.71. The van der Waals surface area contributed by atoms with Gasteiger partial charge in [0, 0.05) is 28.2 Å². The fourth-order valence-corrected chi connectivity index (χ4v) is 2.85. The average molecular weight is 411 g/mol. The summed E-state index contributed by atoms with van der Waals surface area (Å²) in [6, 6.07) is 19.6. The van der Waals surface area contributed by atoms with Crippen molar-refractivity contribution in [1.29, 1.82) is 0 Å². The molecule has 0 radical (unpaired) electrons. The van der Waals surface area contributed by atoms with Crippen LogP contribution in [-0.4, -0.2) is 30.9 Å². The molecule has 2 amide bonds. The Labute approximate surface area is 172 Å². The van der Waals surface area contributed by atoms with E-state index >= 15 is 0 Å². The van der Waals surface area contributed by atoms with Crippen LogP contribution in [0.25, 0.3) is 10.8 Å². The highest BCUT2D eigenvalue weighted by molar-refractivity contribution is 6.30. The van der Waals surface area contributed by atoms with Gasteiger partial charge in [-0.15, -0.1) is 0 Å². The minimum atomic E-state index is -0.575. The second-order valence-corrected chi connectivity index (χ2v) is 6.68. The lowest BCUT2D eigenvalue weighted by molar-refractivity contribution is -0.147. The van der Waals surface area contributed by atoms with Gasteiger partial charge in [0.15, 0.2) is 6.61 Å². The Morgan fingerprint density at radius 3 is 2.41 bits per heavy atom. The van der Waals surface area contributed by atoms with Crippen LogP contribution in [0.5, 0.6) is 0 Å². The van der Waals surface area contributed by atoms with Gasteiger partial charge < -0.3 is 15.4 Å². The molecular weight excluding hydrogens is 392 g/mol. The molecule has 0 saturated heterocycles. The van der Waals surface area contributed by atoms with Crippen LogP contribution in [-0.2, 0) is 14.3 Å². The van der Waals surface area contributed by atoms with Gasteiger partial charge in [0.1, 0.15) is 0 Å². The lowest BCUT2D eigenvalue weighted by atomic mass is 10.1. The lowest BCUT2D eigenvalue weighted by Gasteiger charge is -2.09. The minimum absolute atomic E-state index is 0.0408. The molecule has 0 heterocycles. The number of rotatable bonds is 7. The summed E-state index contributed by atoms with van der Waals surface area (Å²) in [6.07, 6.45) is -0.0408. The number of hydrogen-bond acceptors (Lipinski definition) is 4. The van der Waals surface area contributed by atoms with Crippen LogP contribution in [0.15, 0.2) is 66.7 Å². The fraction of sp³-hybridized carbons (Fsp3) is 0.136. The van der Waals surface area contributed by atoms with Gasteiger partial charge in [0.2, 0.25) is 0 Å². The number of ether oxygens (including phenoxy) is 1. The van der Waals surface area contributed by atoms with E-state index < -0.39 is 18.5 Å². The first-order valence-electron chi connectivity index (χ1n) is 9.00. The highest BCUT2D eigenvalue weighted by atomic mass is 35.5.